The number of aromatic amines is 1. The van der Waals surface area contributed by atoms with Crippen LogP contribution in [0.3, 0.4) is 0 Å². The zero-order chi connectivity index (χ0) is 14.4. The fourth-order valence-corrected chi connectivity index (χ4v) is 2.08. The van der Waals surface area contributed by atoms with Gasteiger partial charge in [-0.3, -0.25) is 5.10 Å². The van der Waals surface area contributed by atoms with E-state index < -0.39 is 0 Å². The predicted molar refractivity (Wildman–Crippen MR) is 83.1 cm³/mol. The number of aromatic nitrogens is 4. The van der Waals surface area contributed by atoms with E-state index in [4.69, 9.17) is 0 Å². The van der Waals surface area contributed by atoms with Gasteiger partial charge in [0.05, 0.1) is 11.6 Å². The van der Waals surface area contributed by atoms with E-state index >= 15 is 0 Å². The number of rotatable bonds is 8. The molecular weight excluding hydrogens is 252 g/mol. The number of fused-ring (bicyclic) bond motifs is 1. The first kappa shape index (κ1) is 14.6. The quantitative estimate of drug-likeness (QED) is 0.690. The first-order chi connectivity index (χ1) is 9.74. The minimum Gasteiger partial charge on any atom is -0.367 e. The highest BCUT2D eigenvalue weighted by atomic mass is 15.2. The molecule has 2 heterocycles. The highest BCUT2D eigenvalue weighted by Gasteiger charge is 2.11. The van der Waals surface area contributed by atoms with Gasteiger partial charge in [-0.15, -0.1) is 0 Å². The molecule has 0 radical (unpaired) electrons. The standard InChI is InChI=1S/C14H24N6/c1-4-6-7-10(3)17-12-11-9-16-20-13(11)19-14(18-12)15-8-5-2/h9-10H,4-8H2,1-3H3,(H3,15,16,17,18,19,20). The van der Waals surface area contributed by atoms with Gasteiger partial charge in [-0.25, -0.2) is 0 Å². The van der Waals surface area contributed by atoms with Crippen LogP contribution in [0.4, 0.5) is 11.8 Å². The van der Waals surface area contributed by atoms with Crippen molar-refractivity contribution in [2.75, 3.05) is 17.2 Å². The summed E-state index contributed by atoms with van der Waals surface area (Å²) in [5, 5.41) is 14.6. The summed E-state index contributed by atoms with van der Waals surface area (Å²) in [4.78, 5) is 8.99. The number of H-pyrrole nitrogens is 1. The van der Waals surface area contributed by atoms with E-state index in [0.29, 0.717) is 12.0 Å². The summed E-state index contributed by atoms with van der Waals surface area (Å²) in [7, 11) is 0. The van der Waals surface area contributed by atoms with Crippen molar-refractivity contribution in [2.24, 2.45) is 0 Å². The monoisotopic (exact) mass is 276 g/mol. The number of hydrogen-bond acceptors (Lipinski definition) is 5. The summed E-state index contributed by atoms with van der Waals surface area (Å²) >= 11 is 0. The molecule has 0 aromatic carbocycles. The molecule has 0 aliphatic heterocycles. The average molecular weight is 276 g/mol. The lowest BCUT2D eigenvalue weighted by molar-refractivity contribution is 0.644. The summed E-state index contributed by atoms with van der Waals surface area (Å²) in [6.07, 6.45) is 6.38. The normalized spacial score (nSPS) is 12.6. The van der Waals surface area contributed by atoms with Crippen LogP contribution >= 0.6 is 0 Å². The van der Waals surface area contributed by atoms with Crippen LogP contribution in [0.1, 0.15) is 46.5 Å². The Labute approximate surface area is 119 Å². The largest absolute Gasteiger partial charge is 0.367 e. The molecule has 0 bridgehead atoms. The summed E-state index contributed by atoms with van der Waals surface area (Å²) in [6, 6.07) is 0.391. The van der Waals surface area contributed by atoms with Gasteiger partial charge in [0.2, 0.25) is 5.95 Å². The minimum atomic E-state index is 0.391. The smallest absolute Gasteiger partial charge is 0.226 e. The second-order valence-corrected chi connectivity index (χ2v) is 5.14. The van der Waals surface area contributed by atoms with Gasteiger partial charge >= 0.3 is 0 Å². The molecule has 6 nitrogen and oxygen atoms in total. The van der Waals surface area contributed by atoms with Gasteiger partial charge in [0.25, 0.3) is 0 Å². The van der Waals surface area contributed by atoms with Crippen LogP contribution in [0.2, 0.25) is 0 Å². The Balaban J connectivity index is 2.18. The SMILES string of the molecule is CCCCC(C)Nc1nc(NCCC)nc2[nH]ncc12. The van der Waals surface area contributed by atoms with E-state index in [1.54, 1.807) is 6.20 Å². The molecule has 1 atom stereocenters. The molecule has 110 valence electrons. The molecule has 0 aliphatic rings. The van der Waals surface area contributed by atoms with Gasteiger partial charge in [0.1, 0.15) is 5.82 Å². The molecule has 0 saturated carbocycles. The second-order valence-electron chi connectivity index (χ2n) is 5.14. The van der Waals surface area contributed by atoms with Crippen LogP contribution in [0.25, 0.3) is 11.0 Å². The first-order valence-corrected chi connectivity index (χ1v) is 7.46. The van der Waals surface area contributed by atoms with Gasteiger partial charge in [-0.05, 0) is 19.8 Å². The van der Waals surface area contributed by atoms with Crippen molar-refractivity contribution in [3.05, 3.63) is 6.20 Å². The molecule has 6 heteroatoms. The van der Waals surface area contributed by atoms with E-state index in [1.165, 1.54) is 12.8 Å². The number of nitrogens with one attached hydrogen (secondary N) is 3. The number of nitrogens with zero attached hydrogens (tertiary/aromatic N) is 3. The van der Waals surface area contributed by atoms with Crippen molar-refractivity contribution in [1.82, 2.24) is 20.2 Å². The lowest BCUT2D eigenvalue weighted by Crippen LogP contribution is -2.17. The van der Waals surface area contributed by atoms with Gasteiger partial charge in [-0.2, -0.15) is 15.1 Å². The summed E-state index contributed by atoms with van der Waals surface area (Å²) in [6.45, 7) is 7.37. The van der Waals surface area contributed by atoms with Crippen LogP contribution in [0.5, 0.6) is 0 Å². The third-order valence-corrected chi connectivity index (χ3v) is 3.22. The molecule has 3 N–H and O–H groups in total. The van der Waals surface area contributed by atoms with Crippen LogP contribution in [0, 0.1) is 0 Å². The Morgan fingerprint density at radius 2 is 2.10 bits per heavy atom. The molecule has 2 rings (SSSR count). The van der Waals surface area contributed by atoms with Crippen LogP contribution in [0.15, 0.2) is 6.20 Å². The maximum atomic E-state index is 4.57. The third kappa shape index (κ3) is 3.59. The summed E-state index contributed by atoms with van der Waals surface area (Å²) in [5.41, 5.74) is 0.767. The zero-order valence-corrected chi connectivity index (χ0v) is 12.5. The molecule has 1 unspecified atom stereocenters. The number of unbranched alkanes of at least 4 members (excludes halogenated alkanes) is 1. The van der Waals surface area contributed by atoms with E-state index in [-0.39, 0.29) is 0 Å². The van der Waals surface area contributed by atoms with Crippen LogP contribution in [-0.2, 0) is 0 Å². The van der Waals surface area contributed by atoms with Crippen LogP contribution < -0.4 is 10.6 Å². The number of anilines is 2. The molecule has 20 heavy (non-hydrogen) atoms. The first-order valence-electron chi connectivity index (χ1n) is 7.46. The minimum absolute atomic E-state index is 0.391. The van der Waals surface area contributed by atoms with Crippen molar-refractivity contribution in [2.45, 2.75) is 52.5 Å². The molecule has 2 aromatic rings. The maximum Gasteiger partial charge on any atom is 0.226 e. The third-order valence-electron chi connectivity index (χ3n) is 3.22. The lowest BCUT2D eigenvalue weighted by atomic mass is 10.1. The van der Waals surface area contributed by atoms with E-state index in [0.717, 1.165) is 36.2 Å². The predicted octanol–water partition coefficient (Wildman–Crippen LogP) is 3.17. The molecule has 0 spiro atoms. The van der Waals surface area contributed by atoms with Gasteiger partial charge in [-0.1, -0.05) is 26.7 Å². The van der Waals surface area contributed by atoms with Gasteiger partial charge < -0.3 is 10.6 Å². The maximum absolute atomic E-state index is 4.57. The topological polar surface area (TPSA) is 78.5 Å². The Hall–Kier alpha value is -1.85. The molecule has 0 amide bonds. The second kappa shape index (κ2) is 7.07. The molecule has 0 aliphatic carbocycles. The van der Waals surface area contributed by atoms with Crippen molar-refractivity contribution >= 4 is 22.8 Å². The average Bonchev–Trinajstić information content (AvgIpc) is 2.91. The Kier molecular flexibility index (Phi) is 5.15. The van der Waals surface area contributed by atoms with E-state index in [2.05, 4.69) is 51.6 Å². The van der Waals surface area contributed by atoms with Gasteiger partial charge in [0.15, 0.2) is 5.65 Å². The van der Waals surface area contributed by atoms with Crippen molar-refractivity contribution in [3.8, 4) is 0 Å². The summed E-state index contributed by atoms with van der Waals surface area (Å²) < 4.78 is 0. The highest BCUT2D eigenvalue weighted by Crippen LogP contribution is 2.21. The van der Waals surface area contributed by atoms with Crippen LogP contribution in [-0.4, -0.2) is 32.8 Å². The Morgan fingerprint density at radius 3 is 2.85 bits per heavy atom. The fraction of sp³-hybridized carbons (Fsp3) is 0.643. The Bertz CT molecular complexity index is 535. The number of hydrogen-bond donors (Lipinski definition) is 3. The zero-order valence-electron chi connectivity index (χ0n) is 12.5. The molecule has 0 saturated heterocycles. The lowest BCUT2D eigenvalue weighted by Gasteiger charge is -2.15. The molecule has 2 aromatic heterocycles. The molecule has 0 fully saturated rings. The van der Waals surface area contributed by atoms with Crippen molar-refractivity contribution in [1.29, 1.82) is 0 Å². The Morgan fingerprint density at radius 1 is 1.25 bits per heavy atom. The van der Waals surface area contributed by atoms with Crippen molar-refractivity contribution < 1.29 is 0 Å². The fourth-order valence-electron chi connectivity index (χ4n) is 2.08. The van der Waals surface area contributed by atoms with Gasteiger partial charge in [0, 0.05) is 12.6 Å². The van der Waals surface area contributed by atoms with E-state index in [9.17, 15) is 0 Å². The highest BCUT2D eigenvalue weighted by molar-refractivity contribution is 5.87. The molecular formula is C14H24N6. The summed E-state index contributed by atoms with van der Waals surface area (Å²) in [5.74, 6) is 1.50. The van der Waals surface area contributed by atoms with Crippen molar-refractivity contribution in [3.63, 3.8) is 0 Å². The van der Waals surface area contributed by atoms with E-state index in [1.807, 2.05) is 0 Å².